The molecule has 0 bridgehead atoms. The summed E-state index contributed by atoms with van der Waals surface area (Å²) >= 11 is 3.46. The summed E-state index contributed by atoms with van der Waals surface area (Å²) in [6.45, 7) is 0.503. The molecule has 0 saturated heterocycles. The molecule has 0 unspecified atom stereocenters. The van der Waals surface area contributed by atoms with Crippen molar-refractivity contribution in [2.24, 2.45) is 0 Å². The molecule has 2 heterocycles. The molecule has 0 aliphatic carbocycles. The molecule has 2 aromatic rings. The lowest BCUT2D eigenvalue weighted by Gasteiger charge is -2.04. The molecule has 3 nitrogen and oxygen atoms in total. The van der Waals surface area contributed by atoms with Crippen LogP contribution in [-0.2, 0) is 16.1 Å². The quantitative estimate of drug-likeness (QED) is 0.747. The monoisotopic (exact) mass is 327 g/mol. The maximum absolute atomic E-state index is 12.2. The zero-order valence-electron chi connectivity index (χ0n) is 10.4. The molecule has 0 spiro atoms. The van der Waals surface area contributed by atoms with Gasteiger partial charge in [0.05, 0.1) is 5.57 Å². The number of benzene rings is 2. The lowest BCUT2D eigenvalue weighted by Crippen LogP contribution is -2.05. The molecule has 1 N–H and O–H groups in total. The molecule has 0 saturated carbocycles. The van der Waals surface area contributed by atoms with Gasteiger partial charge in [0.1, 0.15) is 12.4 Å². The molecule has 2 aliphatic heterocycles. The predicted octanol–water partition coefficient (Wildman–Crippen LogP) is 3.80. The molecule has 0 atom stereocenters. The number of rotatable bonds is 0. The maximum Gasteiger partial charge on any atom is 0.260 e. The summed E-state index contributed by atoms with van der Waals surface area (Å²) in [5.41, 5.74) is 4.47. The second kappa shape index (κ2) is 4.21. The van der Waals surface area contributed by atoms with Crippen molar-refractivity contribution in [3.63, 3.8) is 0 Å². The van der Waals surface area contributed by atoms with Crippen molar-refractivity contribution >= 4 is 38.9 Å². The van der Waals surface area contributed by atoms with Crippen LogP contribution < -0.4 is 5.32 Å². The van der Waals surface area contributed by atoms with Crippen LogP contribution in [0.15, 0.2) is 46.9 Å². The summed E-state index contributed by atoms with van der Waals surface area (Å²) in [7, 11) is 0. The molecule has 2 aromatic carbocycles. The van der Waals surface area contributed by atoms with Gasteiger partial charge in [-0.2, -0.15) is 0 Å². The van der Waals surface area contributed by atoms with Crippen molar-refractivity contribution in [1.82, 2.24) is 0 Å². The summed E-state index contributed by atoms with van der Waals surface area (Å²) in [6.07, 6.45) is 0. The van der Waals surface area contributed by atoms with Gasteiger partial charge in [0.15, 0.2) is 0 Å². The molecule has 0 radical (unpaired) electrons. The zero-order chi connectivity index (χ0) is 13.7. The molecule has 1 amide bonds. The van der Waals surface area contributed by atoms with E-state index in [0.29, 0.717) is 17.9 Å². The Labute approximate surface area is 124 Å². The van der Waals surface area contributed by atoms with E-state index in [0.717, 1.165) is 26.9 Å². The van der Waals surface area contributed by atoms with Gasteiger partial charge in [-0.3, -0.25) is 4.79 Å². The summed E-state index contributed by atoms with van der Waals surface area (Å²) in [5, 5.41) is 2.88. The number of anilines is 1. The highest BCUT2D eigenvalue weighted by molar-refractivity contribution is 9.10. The highest BCUT2D eigenvalue weighted by Crippen LogP contribution is 2.41. The van der Waals surface area contributed by atoms with Gasteiger partial charge in [0.2, 0.25) is 0 Å². The lowest BCUT2D eigenvalue weighted by molar-refractivity contribution is -0.110. The Morgan fingerprint density at radius 1 is 1.10 bits per heavy atom. The van der Waals surface area contributed by atoms with E-state index < -0.39 is 0 Å². The molecule has 98 valence electrons. The minimum Gasteiger partial charge on any atom is -0.487 e. The minimum absolute atomic E-state index is 0.100. The topological polar surface area (TPSA) is 38.3 Å². The number of ether oxygens (including phenoxy) is 1. The van der Waals surface area contributed by atoms with E-state index in [1.54, 1.807) is 0 Å². The molecule has 0 aromatic heterocycles. The summed E-state index contributed by atoms with van der Waals surface area (Å²) in [4.78, 5) is 12.2. The van der Waals surface area contributed by atoms with Gasteiger partial charge >= 0.3 is 0 Å². The molecule has 4 heteroatoms. The second-order valence-corrected chi connectivity index (χ2v) is 5.71. The van der Waals surface area contributed by atoms with E-state index in [4.69, 9.17) is 4.74 Å². The number of carbonyl (C=O) groups excluding carboxylic acids is 1. The van der Waals surface area contributed by atoms with Crippen LogP contribution in [0.3, 0.4) is 0 Å². The Balaban J connectivity index is 1.96. The van der Waals surface area contributed by atoms with Crippen LogP contribution in [0.25, 0.3) is 11.3 Å². The third-order valence-electron chi connectivity index (χ3n) is 3.58. The number of amides is 1. The molecular weight excluding hydrogens is 318 g/mol. The third-order valence-corrected chi connectivity index (χ3v) is 4.08. The maximum atomic E-state index is 12.2. The highest BCUT2D eigenvalue weighted by atomic mass is 79.9. The van der Waals surface area contributed by atoms with E-state index >= 15 is 0 Å². The Morgan fingerprint density at radius 3 is 2.85 bits per heavy atom. The van der Waals surface area contributed by atoms with Gasteiger partial charge in [-0.1, -0.05) is 34.1 Å². The number of carbonyl (C=O) groups is 1. The van der Waals surface area contributed by atoms with Crippen molar-refractivity contribution in [3.05, 3.63) is 63.6 Å². The van der Waals surface area contributed by atoms with Gasteiger partial charge < -0.3 is 10.1 Å². The van der Waals surface area contributed by atoms with Gasteiger partial charge in [-0.05, 0) is 24.3 Å². The Kier molecular flexibility index (Phi) is 2.47. The van der Waals surface area contributed by atoms with Gasteiger partial charge in [-0.25, -0.2) is 0 Å². The van der Waals surface area contributed by atoms with Gasteiger partial charge in [0, 0.05) is 26.9 Å². The van der Waals surface area contributed by atoms with Crippen LogP contribution in [0, 0.1) is 0 Å². The standard InChI is InChI=1S/C16H10BrNO2/c17-10-5-6-11-9(7-10)8-20-15(11)14-12-3-1-2-4-13(12)18-16(14)19/h1-7H,8H2,(H,18,19)/b15-14+. The van der Waals surface area contributed by atoms with Crippen molar-refractivity contribution in [2.75, 3.05) is 5.32 Å². The Hall–Kier alpha value is -2.07. The fourth-order valence-corrected chi connectivity index (χ4v) is 3.09. The van der Waals surface area contributed by atoms with E-state index in [1.165, 1.54) is 0 Å². The van der Waals surface area contributed by atoms with E-state index in [-0.39, 0.29) is 5.91 Å². The van der Waals surface area contributed by atoms with Crippen LogP contribution in [0.2, 0.25) is 0 Å². The number of para-hydroxylation sites is 1. The lowest BCUT2D eigenvalue weighted by atomic mass is 10.0. The molecule has 2 aliphatic rings. The number of nitrogens with one attached hydrogen (secondary N) is 1. The average molecular weight is 328 g/mol. The predicted molar refractivity (Wildman–Crippen MR) is 80.8 cm³/mol. The minimum atomic E-state index is -0.100. The Bertz CT molecular complexity index is 780. The van der Waals surface area contributed by atoms with Crippen molar-refractivity contribution in [1.29, 1.82) is 0 Å². The summed E-state index contributed by atoms with van der Waals surface area (Å²) in [5.74, 6) is 0.576. The van der Waals surface area contributed by atoms with Crippen LogP contribution in [0.5, 0.6) is 0 Å². The smallest absolute Gasteiger partial charge is 0.260 e. The summed E-state index contributed by atoms with van der Waals surface area (Å²) in [6, 6.07) is 13.7. The van der Waals surface area contributed by atoms with E-state index in [9.17, 15) is 4.79 Å². The molecule has 0 fully saturated rings. The van der Waals surface area contributed by atoms with Gasteiger partial charge in [-0.15, -0.1) is 0 Å². The van der Waals surface area contributed by atoms with Crippen molar-refractivity contribution < 1.29 is 9.53 Å². The van der Waals surface area contributed by atoms with Crippen LogP contribution in [0.4, 0.5) is 5.69 Å². The van der Waals surface area contributed by atoms with Crippen molar-refractivity contribution in [3.8, 4) is 0 Å². The zero-order valence-corrected chi connectivity index (χ0v) is 12.0. The third kappa shape index (κ3) is 1.61. The largest absolute Gasteiger partial charge is 0.487 e. The van der Waals surface area contributed by atoms with Crippen LogP contribution >= 0.6 is 15.9 Å². The van der Waals surface area contributed by atoms with Gasteiger partial charge in [0.25, 0.3) is 5.91 Å². The fourth-order valence-electron chi connectivity index (χ4n) is 2.68. The summed E-state index contributed by atoms with van der Waals surface area (Å²) < 4.78 is 6.80. The fraction of sp³-hybridized carbons (Fsp3) is 0.0625. The first-order valence-electron chi connectivity index (χ1n) is 6.30. The Morgan fingerprint density at radius 2 is 1.95 bits per heavy atom. The highest BCUT2D eigenvalue weighted by Gasteiger charge is 2.32. The first-order chi connectivity index (χ1) is 9.74. The van der Waals surface area contributed by atoms with Crippen LogP contribution in [-0.4, -0.2) is 5.91 Å². The molecule has 20 heavy (non-hydrogen) atoms. The molecule has 4 rings (SSSR count). The number of hydrogen-bond donors (Lipinski definition) is 1. The van der Waals surface area contributed by atoms with E-state index in [2.05, 4.69) is 21.2 Å². The average Bonchev–Trinajstić information content (AvgIpc) is 2.97. The first-order valence-corrected chi connectivity index (χ1v) is 7.10. The second-order valence-electron chi connectivity index (χ2n) is 4.79. The number of fused-ring (bicyclic) bond motifs is 2. The first kappa shape index (κ1) is 11.7. The molecular formula is C16H10BrNO2. The van der Waals surface area contributed by atoms with Crippen LogP contribution in [0.1, 0.15) is 16.7 Å². The normalized spacial score (nSPS) is 19.4. The SMILES string of the molecule is O=C1Nc2ccccc2/C1=C1\OCc2cc(Br)ccc21. The number of halogens is 1. The number of hydrogen-bond acceptors (Lipinski definition) is 2. The van der Waals surface area contributed by atoms with Crippen molar-refractivity contribution in [2.45, 2.75) is 6.61 Å². The van der Waals surface area contributed by atoms with E-state index in [1.807, 2.05) is 42.5 Å².